The van der Waals surface area contributed by atoms with Gasteiger partial charge in [-0.2, -0.15) is 0 Å². The lowest BCUT2D eigenvalue weighted by Gasteiger charge is -2.20. The molecule has 1 amide bonds. The number of aryl methyl sites for hydroxylation is 1. The van der Waals surface area contributed by atoms with Crippen molar-refractivity contribution < 1.29 is 14.7 Å². The molecule has 0 aromatic heterocycles. The zero-order valence-electron chi connectivity index (χ0n) is 11.9. The number of rotatable bonds is 3. The number of carbonyl (C=O) groups is 2. The standard InChI is InChI=1S/C17H14BrNO3/c1-10-2-4-11(5-3-10)15(20)9-17(22)13-8-12(18)6-7-14(13)19-16(17)21/h2-8,22H,9H2,1H3,(H,19,21)/t17-/m1/s1. The second-order valence-corrected chi connectivity index (χ2v) is 6.39. The molecule has 0 aliphatic carbocycles. The van der Waals surface area contributed by atoms with Crippen molar-refractivity contribution in [2.75, 3.05) is 5.32 Å². The first kappa shape index (κ1) is 14.9. The summed E-state index contributed by atoms with van der Waals surface area (Å²) in [6.07, 6.45) is -0.286. The normalized spacial score (nSPS) is 19.7. The maximum atomic E-state index is 12.4. The molecule has 0 saturated heterocycles. The predicted molar refractivity (Wildman–Crippen MR) is 86.8 cm³/mol. The van der Waals surface area contributed by atoms with Crippen LogP contribution in [0.2, 0.25) is 0 Å². The van der Waals surface area contributed by atoms with Crippen LogP contribution in [0.5, 0.6) is 0 Å². The van der Waals surface area contributed by atoms with Crippen molar-refractivity contribution in [1.82, 2.24) is 0 Å². The number of nitrogens with one attached hydrogen (secondary N) is 1. The van der Waals surface area contributed by atoms with Gasteiger partial charge in [-0.1, -0.05) is 45.8 Å². The summed E-state index contributed by atoms with van der Waals surface area (Å²) in [6.45, 7) is 1.93. The van der Waals surface area contributed by atoms with Crippen LogP contribution in [0.25, 0.3) is 0 Å². The summed E-state index contributed by atoms with van der Waals surface area (Å²) in [4.78, 5) is 24.6. The van der Waals surface area contributed by atoms with Crippen LogP contribution in [-0.2, 0) is 10.4 Å². The van der Waals surface area contributed by atoms with E-state index >= 15 is 0 Å². The Morgan fingerprint density at radius 1 is 1.23 bits per heavy atom. The van der Waals surface area contributed by atoms with Gasteiger partial charge in [-0.3, -0.25) is 9.59 Å². The third-order valence-corrected chi connectivity index (χ3v) is 4.33. The number of hydrogen-bond donors (Lipinski definition) is 2. The molecule has 2 aromatic carbocycles. The zero-order valence-corrected chi connectivity index (χ0v) is 13.5. The predicted octanol–water partition coefficient (Wildman–Crippen LogP) is 3.17. The molecule has 2 N–H and O–H groups in total. The summed E-state index contributed by atoms with van der Waals surface area (Å²) in [5, 5.41) is 13.4. The van der Waals surface area contributed by atoms with E-state index in [0.29, 0.717) is 16.8 Å². The number of hydrogen-bond acceptors (Lipinski definition) is 3. The van der Waals surface area contributed by atoms with Crippen LogP contribution in [0.1, 0.15) is 27.9 Å². The molecule has 5 heteroatoms. The molecule has 0 spiro atoms. The highest BCUT2D eigenvalue weighted by Crippen LogP contribution is 2.40. The molecule has 0 fully saturated rings. The van der Waals surface area contributed by atoms with Gasteiger partial charge in [-0.25, -0.2) is 0 Å². The van der Waals surface area contributed by atoms with Crippen LogP contribution in [0.4, 0.5) is 5.69 Å². The highest BCUT2D eigenvalue weighted by atomic mass is 79.9. The van der Waals surface area contributed by atoms with Crippen LogP contribution in [-0.4, -0.2) is 16.8 Å². The van der Waals surface area contributed by atoms with Crippen LogP contribution in [0, 0.1) is 6.92 Å². The number of aliphatic hydroxyl groups is 1. The van der Waals surface area contributed by atoms with Gasteiger partial charge in [0.15, 0.2) is 11.4 Å². The molecule has 1 heterocycles. The first-order chi connectivity index (χ1) is 10.4. The van der Waals surface area contributed by atoms with E-state index in [9.17, 15) is 14.7 Å². The average Bonchev–Trinajstić information content (AvgIpc) is 2.71. The number of ketones is 1. The Morgan fingerprint density at radius 2 is 1.91 bits per heavy atom. The minimum atomic E-state index is -1.83. The minimum absolute atomic E-state index is 0.273. The molecule has 4 nitrogen and oxygen atoms in total. The SMILES string of the molecule is Cc1ccc(C(=O)C[C@]2(O)C(=O)Nc3ccc(Br)cc32)cc1. The minimum Gasteiger partial charge on any atom is -0.375 e. The second-order valence-electron chi connectivity index (χ2n) is 5.47. The summed E-state index contributed by atoms with van der Waals surface area (Å²) in [6, 6.07) is 12.2. The molecule has 0 saturated carbocycles. The van der Waals surface area contributed by atoms with Crippen molar-refractivity contribution in [3.63, 3.8) is 0 Å². The Labute approximate surface area is 136 Å². The number of halogens is 1. The van der Waals surface area contributed by atoms with E-state index in [4.69, 9.17) is 0 Å². The molecule has 3 rings (SSSR count). The fraction of sp³-hybridized carbons (Fsp3) is 0.176. The third kappa shape index (κ3) is 2.46. The number of anilines is 1. The van der Waals surface area contributed by atoms with E-state index in [1.165, 1.54) is 0 Å². The van der Waals surface area contributed by atoms with Crippen molar-refractivity contribution in [2.45, 2.75) is 18.9 Å². The van der Waals surface area contributed by atoms with Gasteiger partial charge >= 0.3 is 0 Å². The molecule has 1 atom stereocenters. The summed E-state index contributed by atoms with van der Waals surface area (Å²) in [5.41, 5.74) is 0.652. The molecule has 0 bridgehead atoms. The number of fused-ring (bicyclic) bond motifs is 1. The summed E-state index contributed by atoms with van der Waals surface area (Å²) < 4.78 is 0.740. The molecular formula is C17H14BrNO3. The first-order valence-electron chi connectivity index (χ1n) is 6.84. The van der Waals surface area contributed by atoms with Crippen LogP contribution < -0.4 is 5.32 Å². The molecule has 1 aliphatic rings. The number of carbonyl (C=O) groups excluding carboxylic acids is 2. The molecular weight excluding hydrogens is 346 g/mol. The highest BCUT2D eigenvalue weighted by molar-refractivity contribution is 9.10. The van der Waals surface area contributed by atoms with Gasteiger partial charge in [0, 0.05) is 21.3 Å². The molecule has 2 aromatic rings. The van der Waals surface area contributed by atoms with Gasteiger partial charge < -0.3 is 10.4 Å². The first-order valence-corrected chi connectivity index (χ1v) is 7.63. The zero-order chi connectivity index (χ0) is 15.9. The molecule has 112 valence electrons. The number of Topliss-reactive ketones (excluding diaryl/α,β-unsaturated/α-hetero) is 1. The van der Waals surface area contributed by atoms with Gasteiger partial charge in [-0.05, 0) is 25.1 Å². The van der Waals surface area contributed by atoms with E-state index in [2.05, 4.69) is 21.2 Å². The summed E-state index contributed by atoms with van der Waals surface area (Å²) in [5.74, 6) is -0.841. The van der Waals surface area contributed by atoms with Crippen molar-refractivity contribution in [3.8, 4) is 0 Å². The van der Waals surface area contributed by atoms with E-state index in [1.807, 2.05) is 19.1 Å². The van der Waals surface area contributed by atoms with E-state index in [0.717, 1.165) is 10.0 Å². The fourth-order valence-electron chi connectivity index (χ4n) is 2.57. The average molecular weight is 360 g/mol. The third-order valence-electron chi connectivity index (χ3n) is 3.84. The largest absolute Gasteiger partial charge is 0.375 e. The fourth-order valence-corrected chi connectivity index (χ4v) is 2.93. The lowest BCUT2D eigenvalue weighted by atomic mass is 9.88. The Balaban J connectivity index is 1.94. The smallest absolute Gasteiger partial charge is 0.261 e. The van der Waals surface area contributed by atoms with E-state index < -0.39 is 11.5 Å². The van der Waals surface area contributed by atoms with E-state index in [1.54, 1.807) is 30.3 Å². The van der Waals surface area contributed by atoms with Gasteiger partial charge in [0.05, 0.1) is 6.42 Å². The number of amides is 1. The second kappa shape index (κ2) is 5.34. The molecule has 0 unspecified atom stereocenters. The molecule has 0 radical (unpaired) electrons. The monoisotopic (exact) mass is 359 g/mol. The molecule has 22 heavy (non-hydrogen) atoms. The summed E-state index contributed by atoms with van der Waals surface area (Å²) >= 11 is 3.32. The van der Waals surface area contributed by atoms with Crippen molar-refractivity contribution >= 4 is 33.3 Å². The Hall–Kier alpha value is -1.98. The lowest BCUT2D eigenvalue weighted by molar-refractivity contribution is -0.133. The van der Waals surface area contributed by atoms with Gasteiger partial charge in [0.1, 0.15) is 0 Å². The number of benzene rings is 2. The Morgan fingerprint density at radius 3 is 2.59 bits per heavy atom. The van der Waals surface area contributed by atoms with Crippen molar-refractivity contribution in [3.05, 3.63) is 63.6 Å². The van der Waals surface area contributed by atoms with Crippen molar-refractivity contribution in [2.24, 2.45) is 0 Å². The van der Waals surface area contributed by atoms with E-state index in [-0.39, 0.29) is 12.2 Å². The van der Waals surface area contributed by atoms with Crippen LogP contribution in [0.15, 0.2) is 46.9 Å². The quantitative estimate of drug-likeness (QED) is 0.827. The maximum Gasteiger partial charge on any atom is 0.261 e. The Bertz CT molecular complexity index is 770. The molecule has 1 aliphatic heterocycles. The Kier molecular flexibility index (Phi) is 3.62. The highest BCUT2D eigenvalue weighted by Gasteiger charge is 2.46. The van der Waals surface area contributed by atoms with Gasteiger partial charge in [-0.15, -0.1) is 0 Å². The van der Waals surface area contributed by atoms with Crippen LogP contribution in [0.3, 0.4) is 0 Å². The van der Waals surface area contributed by atoms with Gasteiger partial charge in [0.25, 0.3) is 5.91 Å². The lowest BCUT2D eigenvalue weighted by Crippen LogP contribution is -2.36. The topological polar surface area (TPSA) is 66.4 Å². The summed E-state index contributed by atoms with van der Waals surface area (Å²) in [7, 11) is 0. The van der Waals surface area contributed by atoms with Crippen LogP contribution >= 0.6 is 15.9 Å². The van der Waals surface area contributed by atoms with Crippen molar-refractivity contribution in [1.29, 1.82) is 0 Å². The van der Waals surface area contributed by atoms with Gasteiger partial charge in [0.2, 0.25) is 0 Å². The maximum absolute atomic E-state index is 12.4.